The van der Waals surface area contributed by atoms with Crippen LogP contribution in [0.5, 0.6) is 5.75 Å². The van der Waals surface area contributed by atoms with E-state index >= 15 is 0 Å². The van der Waals surface area contributed by atoms with E-state index in [2.05, 4.69) is 10.2 Å². The third kappa shape index (κ3) is 2.56. The van der Waals surface area contributed by atoms with Gasteiger partial charge in [-0.05, 0) is 11.5 Å². The van der Waals surface area contributed by atoms with Gasteiger partial charge in [-0.1, -0.05) is 23.7 Å². The fraction of sp³-hybridized carbons (Fsp3) is 0.0909. The van der Waals surface area contributed by atoms with Crippen molar-refractivity contribution in [1.29, 1.82) is 0 Å². The Kier molecular flexibility index (Phi) is 3.50. The molecule has 2 rings (SSSR count). The molecule has 4 N–H and O–H groups in total. The zero-order valence-corrected chi connectivity index (χ0v) is 10.8. The topological polar surface area (TPSA) is 106 Å². The number of aromatic hydroxyl groups is 1. The lowest BCUT2D eigenvalue weighted by molar-refractivity contribution is 0.375. The molecule has 0 aliphatic heterocycles. The summed E-state index contributed by atoms with van der Waals surface area (Å²) >= 11 is 0. The van der Waals surface area contributed by atoms with Gasteiger partial charge in [0.25, 0.3) is 0 Å². The molecule has 0 bridgehead atoms. The highest BCUT2D eigenvalue weighted by molar-refractivity contribution is 8.19. The Bertz CT molecular complexity index is 670. The molecule has 0 saturated heterocycles. The van der Waals surface area contributed by atoms with Crippen molar-refractivity contribution in [3.63, 3.8) is 0 Å². The van der Waals surface area contributed by atoms with Crippen molar-refractivity contribution in [2.45, 2.75) is 4.90 Å². The van der Waals surface area contributed by atoms with Gasteiger partial charge in [0.1, 0.15) is 24.4 Å². The number of nitrogens with zero attached hydrogens (tertiary/aromatic N) is 2. The first-order chi connectivity index (χ1) is 8.84. The van der Waals surface area contributed by atoms with E-state index in [1.807, 2.05) is 0 Å². The average Bonchev–Trinajstić information content (AvgIpc) is 2.31. The predicted octanol–water partition coefficient (Wildman–Crippen LogP) is 2.64. The Labute approximate surface area is 112 Å². The van der Waals surface area contributed by atoms with Crippen molar-refractivity contribution in [2.75, 3.05) is 7.05 Å². The predicted molar refractivity (Wildman–Crippen MR) is 75.2 cm³/mol. The van der Waals surface area contributed by atoms with Crippen LogP contribution in [0.2, 0.25) is 0 Å². The molecule has 0 unspecified atom stereocenters. The molecule has 0 heterocycles. The number of benzene rings is 2. The van der Waals surface area contributed by atoms with Crippen LogP contribution in [0.25, 0.3) is 10.8 Å². The zero-order valence-electron chi connectivity index (χ0n) is 9.98. The molecule has 8 heteroatoms. The molecule has 0 aromatic heterocycles. The summed E-state index contributed by atoms with van der Waals surface area (Å²) in [5.74, 6) is -0.299. The summed E-state index contributed by atoms with van der Waals surface area (Å²) in [4.78, 5) is -0.297. The molecule has 2 radical (unpaired) electrons. The van der Waals surface area contributed by atoms with Crippen molar-refractivity contribution < 1.29 is 18.8 Å². The Balaban J connectivity index is 2.89. The Hall–Kier alpha value is -1.61. The summed E-state index contributed by atoms with van der Waals surface area (Å²) in [6.07, 6.45) is 0. The molecular weight excluding hydrogens is 267 g/mol. The largest absolute Gasteiger partial charge is 0.505 e. The second-order valence-corrected chi connectivity index (χ2v) is 5.35. The molecule has 0 saturated carbocycles. The lowest BCUT2D eigenvalue weighted by Crippen LogP contribution is -2.01. The van der Waals surface area contributed by atoms with Crippen LogP contribution in [-0.4, -0.2) is 33.7 Å². The molecular formula is C11H11BN2O4S. The summed E-state index contributed by atoms with van der Waals surface area (Å²) in [6, 6.07) is 6.01. The van der Waals surface area contributed by atoms with Crippen molar-refractivity contribution in [1.82, 2.24) is 0 Å². The third-order valence-electron chi connectivity index (χ3n) is 2.57. The smallest absolute Gasteiger partial charge is 0.152 e. The number of hydrogen-bond acceptors (Lipinski definition) is 6. The third-order valence-corrected chi connectivity index (χ3v) is 3.47. The van der Waals surface area contributed by atoms with Gasteiger partial charge in [-0.25, -0.2) is 0 Å². The normalized spacial score (nSPS) is 13.3. The van der Waals surface area contributed by atoms with E-state index in [4.69, 9.17) is 7.85 Å². The van der Waals surface area contributed by atoms with Crippen LogP contribution in [0.15, 0.2) is 39.4 Å². The second-order valence-electron chi connectivity index (χ2n) is 3.87. The van der Waals surface area contributed by atoms with E-state index < -0.39 is 10.9 Å². The van der Waals surface area contributed by atoms with Gasteiger partial charge in [0.05, 0.1) is 4.90 Å². The lowest BCUT2D eigenvalue weighted by atomic mass is 9.93. The average molecular weight is 278 g/mol. The summed E-state index contributed by atoms with van der Waals surface area (Å²) in [5.41, 5.74) is 0.263. The highest BCUT2D eigenvalue weighted by Crippen LogP contribution is 2.53. The second kappa shape index (κ2) is 4.82. The van der Waals surface area contributed by atoms with Gasteiger partial charge in [0.2, 0.25) is 0 Å². The maximum Gasteiger partial charge on any atom is 0.152 e. The molecule has 98 valence electrons. The van der Waals surface area contributed by atoms with Crippen LogP contribution in [0.4, 0.5) is 5.69 Å². The Morgan fingerprint density at radius 1 is 1.16 bits per heavy atom. The molecule has 0 atom stereocenters. The van der Waals surface area contributed by atoms with Gasteiger partial charge < -0.3 is 18.8 Å². The Morgan fingerprint density at radius 3 is 2.42 bits per heavy atom. The first-order valence-corrected chi connectivity index (χ1v) is 6.70. The van der Waals surface area contributed by atoms with Crippen LogP contribution < -0.4 is 5.46 Å². The molecule has 2 aromatic rings. The quantitative estimate of drug-likeness (QED) is 0.500. The number of hydrogen-bond donors (Lipinski definition) is 4. The first-order valence-electron chi connectivity index (χ1n) is 5.20. The lowest BCUT2D eigenvalue weighted by Gasteiger charge is -2.22. The highest BCUT2D eigenvalue weighted by Gasteiger charge is 2.24. The molecule has 0 spiro atoms. The number of phenolic OH excluding ortho intramolecular Hbond substituents is 1. The minimum absolute atomic E-state index is 0.178. The number of azo groups is 1. The minimum Gasteiger partial charge on any atom is -0.505 e. The molecule has 19 heavy (non-hydrogen) atoms. The molecule has 6 nitrogen and oxygen atoms in total. The minimum atomic E-state index is -4.04. The monoisotopic (exact) mass is 278 g/mol. The van der Waals surface area contributed by atoms with Crippen molar-refractivity contribution in [3.05, 3.63) is 24.3 Å². The van der Waals surface area contributed by atoms with Crippen LogP contribution in [0.1, 0.15) is 0 Å². The molecule has 0 aliphatic carbocycles. The number of phenols is 1. The van der Waals surface area contributed by atoms with Gasteiger partial charge >= 0.3 is 0 Å². The highest BCUT2D eigenvalue weighted by atomic mass is 32.3. The van der Waals surface area contributed by atoms with Gasteiger partial charge in [0.15, 0.2) is 5.75 Å². The summed E-state index contributed by atoms with van der Waals surface area (Å²) in [6.45, 7) is 0. The zero-order chi connectivity index (χ0) is 14.2. The van der Waals surface area contributed by atoms with E-state index in [1.54, 1.807) is 12.1 Å². The van der Waals surface area contributed by atoms with E-state index in [-0.39, 0.29) is 16.3 Å². The van der Waals surface area contributed by atoms with Crippen LogP contribution in [-0.2, 0) is 0 Å². The summed E-state index contributed by atoms with van der Waals surface area (Å²) in [7, 11) is 2.95. The van der Waals surface area contributed by atoms with Gasteiger partial charge in [-0.15, -0.1) is 0 Å². The van der Waals surface area contributed by atoms with E-state index in [9.17, 15) is 18.8 Å². The first kappa shape index (κ1) is 13.8. The standard InChI is InChI=1S/C11H11BN2O4S/c1-13-14-10-9(19(16,17)18)5-6-4-7(12)2-3-8(6)11(10)15/h2-5,15-18H,1H3. The number of fused-ring (bicyclic) bond motifs is 1. The summed E-state index contributed by atoms with van der Waals surface area (Å²) < 4.78 is 28.2. The molecule has 0 aliphatic rings. The van der Waals surface area contributed by atoms with E-state index in [0.717, 1.165) is 0 Å². The SMILES string of the molecule is [B]c1ccc2c(O)c(N=NC)c(S(O)(O)O)cc2c1. The maximum absolute atomic E-state index is 10.1. The molecule has 0 fully saturated rings. The fourth-order valence-corrected chi connectivity index (χ4v) is 2.46. The van der Waals surface area contributed by atoms with Gasteiger partial charge in [-0.3, -0.25) is 0 Å². The molecule has 2 aromatic carbocycles. The van der Waals surface area contributed by atoms with Gasteiger partial charge in [-0.2, -0.15) is 10.2 Å². The van der Waals surface area contributed by atoms with Crippen molar-refractivity contribution in [2.24, 2.45) is 10.2 Å². The van der Waals surface area contributed by atoms with Crippen LogP contribution >= 0.6 is 10.9 Å². The van der Waals surface area contributed by atoms with Crippen LogP contribution in [0, 0.1) is 0 Å². The van der Waals surface area contributed by atoms with Gasteiger partial charge in [0, 0.05) is 12.4 Å². The van der Waals surface area contributed by atoms with Crippen LogP contribution in [0.3, 0.4) is 0 Å². The van der Waals surface area contributed by atoms with E-state index in [1.165, 1.54) is 19.2 Å². The molecule has 0 amide bonds. The summed E-state index contributed by atoms with van der Waals surface area (Å²) in [5, 5.41) is 18.1. The Morgan fingerprint density at radius 2 is 1.84 bits per heavy atom. The maximum atomic E-state index is 10.1. The fourth-order valence-electron chi connectivity index (χ4n) is 1.78. The number of rotatable bonds is 2. The van der Waals surface area contributed by atoms with Crippen molar-refractivity contribution >= 4 is 40.6 Å². The van der Waals surface area contributed by atoms with Crippen molar-refractivity contribution in [3.8, 4) is 5.75 Å². The van der Waals surface area contributed by atoms with E-state index in [0.29, 0.717) is 16.2 Å².